The normalized spacial score (nSPS) is 15.6. The van der Waals surface area contributed by atoms with Gasteiger partial charge >= 0.3 is 0 Å². The molecule has 1 aliphatic rings. The highest BCUT2D eigenvalue weighted by atomic mass is 35.5. The van der Waals surface area contributed by atoms with Gasteiger partial charge in [-0.3, -0.25) is 19.3 Å². The van der Waals surface area contributed by atoms with Gasteiger partial charge in [-0.05, 0) is 47.7 Å². The van der Waals surface area contributed by atoms with Gasteiger partial charge in [0, 0.05) is 23.7 Å². The van der Waals surface area contributed by atoms with Crippen LogP contribution in [0.15, 0.2) is 71.7 Å². The fourth-order valence-electron chi connectivity index (χ4n) is 2.49. The lowest BCUT2D eigenvalue weighted by molar-refractivity contribution is -0.123. The Morgan fingerprint density at radius 3 is 2.50 bits per heavy atom. The van der Waals surface area contributed by atoms with Crippen molar-refractivity contribution in [1.29, 1.82) is 0 Å². The highest BCUT2D eigenvalue weighted by Crippen LogP contribution is 2.30. The number of hydrogen-bond donors (Lipinski definition) is 1. The summed E-state index contributed by atoms with van der Waals surface area (Å²) < 4.78 is 0. The predicted octanol–water partition coefficient (Wildman–Crippen LogP) is 4.96. The van der Waals surface area contributed by atoms with Crippen LogP contribution in [-0.2, 0) is 9.59 Å². The first-order valence-electron chi connectivity index (χ1n) is 8.55. The zero-order chi connectivity index (χ0) is 19.9. The Balaban J connectivity index is 1.54. The number of anilines is 1. The molecular formula is C21H17ClN2O3S. The van der Waals surface area contributed by atoms with Crippen molar-refractivity contribution in [3.63, 3.8) is 0 Å². The molecule has 7 heteroatoms. The van der Waals surface area contributed by atoms with Gasteiger partial charge in [0.25, 0.3) is 11.1 Å². The number of hydrogen-bond acceptors (Lipinski definition) is 4. The van der Waals surface area contributed by atoms with Crippen molar-refractivity contribution in [1.82, 2.24) is 4.90 Å². The Kier molecular flexibility index (Phi) is 6.68. The number of amides is 3. The SMILES string of the molecule is O=C(CCN1C(=O)SC(=CC=Cc2ccccc2)C1=O)Nc1ccc(Cl)cc1. The van der Waals surface area contributed by atoms with Crippen molar-refractivity contribution in [2.45, 2.75) is 6.42 Å². The minimum absolute atomic E-state index is 0.0216. The predicted molar refractivity (Wildman–Crippen MR) is 113 cm³/mol. The van der Waals surface area contributed by atoms with Crippen LogP contribution >= 0.6 is 23.4 Å². The number of halogens is 1. The van der Waals surface area contributed by atoms with E-state index in [9.17, 15) is 14.4 Å². The van der Waals surface area contributed by atoms with Crippen LogP contribution in [0, 0.1) is 0 Å². The van der Waals surface area contributed by atoms with Crippen molar-refractivity contribution in [3.05, 3.63) is 82.2 Å². The maximum Gasteiger partial charge on any atom is 0.293 e. The van der Waals surface area contributed by atoms with Gasteiger partial charge < -0.3 is 5.32 Å². The Hall–Kier alpha value is -2.83. The lowest BCUT2D eigenvalue weighted by Crippen LogP contribution is -2.31. The van der Waals surface area contributed by atoms with Crippen molar-refractivity contribution in [3.8, 4) is 0 Å². The van der Waals surface area contributed by atoms with Gasteiger partial charge in [-0.1, -0.05) is 54.1 Å². The summed E-state index contributed by atoms with van der Waals surface area (Å²) >= 11 is 6.68. The summed E-state index contributed by atoms with van der Waals surface area (Å²) in [4.78, 5) is 38.0. The lowest BCUT2D eigenvalue weighted by Gasteiger charge is -2.12. The van der Waals surface area contributed by atoms with Gasteiger partial charge in [0.2, 0.25) is 5.91 Å². The molecule has 5 nitrogen and oxygen atoms in total. The molecule has 1 heterocycles. The molecule has 0 radical (unpaired) electrons. The van der Waals surface area contributed by atoms with Crippen LogP contribution in [0.3, 0.4) is 0 Å². The molecule has 0 aromatic heterocycles. The number of nitrogens with zero attached hydrogens (tertiary/aromatic N) is 1. The number of allylic oxidation sites excluding steroid dienone is 2. The van der Waals surface area contributed by atoms with Gasteiger partial charge in [0.05, 0.1) is 4.91 Å². The molecule has 0 aliphatic carbocycles. The fourth-order valence-corrected chi connectivity index (χ4v) is 3.43. The summed E-state index contributed by atoms with van der Waals surface area (Å²) in [7, 11) is 0. The van der Waals surface area contributed by atoms with Crippen LogP contribution < -0.4 is 5.32 Å². The van der Waals surface area contributed by atoms with E-state index in [1.54, 1.807) is 36.4 Å². The summed E-state index contributed by atoms with van der Waals surface area (Å²) in [5.74, 6) is -0.665. The number of benzene rings is 2. The van der Waals surface area contributed by atoms with E-state index in [-0.39, 0.29) is 30.0 Å². The maximum absolute atomic E-state index is 12.4. The Morgan fingerprint density at radius 2 is 1.79 bits per heavy atom. The molecule has 1 saturated heterocycles. The van der Waals surface area contributed by atoms with E-state index >= 15 is 0 Å². The van der Waals surface area contributed by atoms with Crippen molar-refractivity contribution < 1.29 is 14.4 Å². The summed E-state index contributed by atoms with van der Waals surface area (Å²) in [5.41, 5.74) is 1.60. The summed E-state index contributed by atoms with van der Waals surface area (Å²) in [6.45, 7) is 0.0316. The topological polar surface area (TPSA) is 66.5 Å². The van der Waals surface area contributed by atoms with E-state index in [1.807, 2.05) is 36.4 Å². The molecule has 1 N–H and O–H groups in total. The first-order chi connectivity index (χ1) is 13.5. The monoisotopic (exact) mass is 412 g/mol. The van der Waals surface area contributed by atoms with Crippen molar-refractivity contribution in [2.24, 2.45) is 0 Å². The molecule has 2 aromatic carbocycles. The average molecular weight is 413 g/mol. The summed E-state index contributed by atoms with van der Waals surface area (Å²) in [5, 5.41) is 2.91. The smallest absolute Gasteiger partial charge is 0.293 e. The van der Waals surface area contributed by atoms with Crippen LogP contribution in [0.5, 0.6) is 0 Å². The molecule has 0 unspecified atom stereocenters. The third-order valence-electron chi connectivity index (χ3n) is 3.90. The zero-order valence-electron chi connectivity index (χ0n) is 14.8. The molecule has 142 valence electrons. The van der Waals surface area contributed by atoms with Gasteiger partial charge in [0.15, 0.2) is 0 Å². The largest absolute Gasteiger partial charge is 0.326 e. The Labute approximate surface area is 172 Å². The van der Waals surface area contributed by atoms with Gasteiger partial charge in [-0.15, -0.1) is 0 Å². The number of carbonyl (C=O) groups excluding carboxylic acids is 3. The molecular weight excluding hydrogens is 396 g/mol. The summed E-state index contributed by atoms with van der Waals surface area (Å²) in [6.07, 6.45) is 5.23. The van der Waals surface area contributed by atoms with Crippen LogP contribution in [-0.4, -0.2) is 28.5 Å². The molecule has 1 fully saturated rings. The number of rotatable bonds is 6. The van der Waals surface area contributed by atoms with E-state index in [1.165, 1.54) is 0 Å². The van der Waals surface area contributed by atoms with E-state index < -0.39 is 0 Å². The molecule has 2 aromatic rings. The van der Waals surface area contributed by atoms with Gasteiger partial charge in [-0.2, -0.15) is 0 Å². The minimum Gasteiger partial charge on any atom is -0.326 e. The third-order valence-corrected chi connectivity index (χ3v) is 5.08. The Bertz CT molecular complexity index is 940. The fraction of sp³-hybridized carbons (Fsp3) is 0.0952. The van der Waals surface area contributed by atoms with Gasteiger partial charge in [-0.25, -0.2) is 0 Å². The van der Waals surface area contributed by atoms with Crippen LogP contribution in [0.4, 0.5) is 10.5 Å². The highest BCUT2D eigenvalue weighted by Gasteiger charge is 2.34. The summed E-state index contributed by atoms with van der Waals surface area (Å²) in [6, 6.07) is 16.3. The van der Waals surface area contributed by atoms with Crippen LogP contribution in [0.2, 0.25) is 5.02 Å². The van der Waals surface area contributed by atoms with Crippen LogP contribution in [0.1, 0.15) is 12.0 Å². The van der Waals surface area contributed by atoms with E-state index in [4.69, 9.17) is 11.6 Å². The van der Waals surface area contributed by atoms with E-state index in [2.05, 4.69) is 5.32 Å². The number of carbonyl (C=O) groups is 3. The van der Waals surface area contributed by atoms with E-state index in [0.717, 1.165) is 22.2 Å². The second-order valence-corrected chi connectivity index (χ2v) is 7.36. The first-order valence-corrected chi connectivity index (χ1v) is 9.75. The van der Waals surface area contributed by atoms with Crippen molar-refractivity contribution in [2.75, 3.05) is 11.9 Å². The molecule has 0 atom stereocenters. The minimum atomic E-state index is -0.382. The average Bonchev–Trinajstić information content (AvgIpc) is 2.96. The van der Waals surface area contributed by atoms with Crippen LogP contribution in [0.25, 0.3) is 6.08 Å². The number of imide groups is 1. The molecule has 0 bridgehead atoms. The molecule has 3 rings (SSSR count). The Morgan fingerprint density at radius 1 is 1.07 bits per heavy atom. The van der Waals surface area contributed by atoms with Gasteiger partial charge in [0.1, 0.15) is 0 Å². The number of thioether (sulfide) groups is 1. The number of nitrogens with one attached hydrogen (secondary N) is 1. The maximum atomic E-state index is 12.4. The third kappa shape index (κ3) is 5.34. The molecule has 1 aliphatic heterocycles. The molecule has 3 amide bonds. The lowest BCUT2D eigenvalue weighted by atomic mass is 10.2. The van der Waals surface area contributed by atoms with E-state index in [0.29, 0.717) is 15.6 Å². The van der Waals surface area contributed by atoms with Crippen molar-refractivity contribution >= 4 is 52.2 Å². The second-order valence-electron chi connectivity index (χ2n) is 5.93. The standard InChI is InChI=1S/C21H17ClN2O3S/c22-16-9-11-17(12-10-16)23-19(25)13-14-24-20(26)18(28-21(24)27)8-4-7-15-5-2-1-3-6-15/h1-12H,13-14H2,(H,23,25). The highest BCUT2D eigenvalue weighted by molar-refractivity contribution is 8.18. The molecule has 28 heavy (non-hydrogen) atoms. The second kappa shape index (κ2) is 9.39. The first kappa shape index (κ1) is 19.9. The zero-order valence-corrected chi connectivity index (χ0v) is 16.4. The molecule has 0 saturated carbocycles. The molecule has 0 spiro atoms. The quantitative estimate of drug-likeness (QED) is 0.681.